The van der Waals surface area contributed by atoms with Gasteiger partial charge in [-0.1, -0.05) is 18.2 Å². The predicted octanol–water partition coefficient (Wildman–Crippen LogP) is 1.61. The standard InChI is InChI=1S/C14H17N3O2/c1-2-4-12(5-3-1)14-16-15-13(19-14)6-7-17-8-10-18-11-9-17/h1-5H,6-11H2. The molecule has 1 aliphatic rings. The first-order chi connectivity index (χ1) is 9.42. The molecule has 5 heteroatoms. The second-order valence-corrected chi connectivity index (χ2v) is 4.57. The molecule has 1 saturated heterocycles. The van der Waals surface area contributed by atoms with Gasteiger partial charge in [0.1, 0.15) is 0 Å². The zero-order chi connectivity index (χ0) is 12.9. The van der Waals surface area contributed by atoms with Gasteiger partial charge in [-0.3, -0.25) is 4.90 Å². The zero-order valence-electron chi connectivity index (χ0n) is 10.8. The van der Waals surface area contributed by atoms with Gasteiger partial charge in [0, 0.05) is 31.6 Å². The molecular weight excluding hydrogens is 242 g/mol. The quantitative estimate of drug-likeness (QED) is 0.835. The van der Waals surface area contributed by atoms with Crippen LogP contribution in [0.2, 0.25) is 0 Å². The van der Waals surface area contributed by atoms with Gasteiger partial charge in [0.25, 0.3) is 0 Å². The molecule has 0 aliphatic carbocycles. The summed E-state index contributed by atoms with van der Waals surface area (Å²) in [6, 6.07) is 9.84. The summed E-state index contributed by atoms with van der Waals surface area (Å²) in [6.07, 6.45) is 0.792. The Morgan fingerprint density at radius 1 is 1.05 bits per heavy atom. The van der Waals surface area contributed by atoms with Gasteiger partial charge in [-0.25, -0.2) is 0 Å². The van der Waals surface area contributed by atoms with Crippen molar-refractivity contribution in [1.82, 2.24) is 15.1 Å². The molecule has 1 fully saturated rings. The van der Waals surface area contributed by atoms with Crippen molar-refractivity contribution in [3.8, 4) is 11.5 Å². The monoisotopic (exact) mass is 259 g/mol. The lowest BCUT2D eigenvalue weighted by molar-refractivity contribution is 0.0377. The van der Waals surface area contributed by atoms with Gasteiger partial charge in [-0.15, -0.1) is 10.2 Å². The summed E-state index contributed by atoms with van der Waals surface area (Å²) >= 11 is 0. The van der Waals surface area contributed by atoms with E-state index in [1.807, 2.05) is 30.3 Å². The number of benzene rings is 1. The molecular formula is C14H17N3O2. The first-order valence-electron chi connectivity index (χ1n) is 6.60. The van der Waals surface area contributed by atoms with Crippen LogP contribution in [0.5, 0.6) is 0 Å². The molecule has 100 valence electrons. The number of nitrogens with zero attached hydrogens (tertiary/aromatic N) is 3. The molecule has 19 heavy (non-hydrogen) atoms. The van der Waals surface area contributed by atoms with E-state index in [2.05, 4.69) is 15.1 Å². The highest BCUT2D eigenvalue weighted by Crippen LogP contribution is 2.17. The number of hydrogen-bond donors (Lipinski definition) is 0. The third kappa shape index (κ3) is 3.19. The van der Waals surface area contributed by atoms with Gasteiger partial charge < -0.3 is 9.15 Å². The summed E-state index contributed by atoms with van der Waals surface area (Å²) in [5.74, 6) is 1.29. The Morgan fingerprint density at radius 3 is 2.63 bits per heavy atom. The lowest BCUT2D eigenvalue weighted by atomic mass is 10.2. The number of morpholine rings is 1. The Hall–Kier alpha value is -1.72. The number of hydrogen-bond acceptors (Lipinski definition) is 5. The minimum absolute atomic E-state index is 0.595. The van der Waals surface area contributed by atoms with Crippen LogP contribution in [0, 0.1) is 0 Å². The van der Waals surface area contributed by atoms with Crippen LogP contribution < -0.4 is 0 Å². The van der Waals surface area contributed by atoms with Crippen LogP contribution in [0.4, 0.5) is 0 Å². The van der Waals surface area contributed by atoms with Crippen molar-refractivity contribution in [3.05, 3.63) is 36.2 Å². The smallest absolute Gasteiger partial charge is 0.247 e. The third-order valence-electron chi connectivity index (χ3n) is 3.23. The van der Waals surface area contributed by atoms with Crippen molar-refractivity contribution >= 4 is 0 Å². The van der Waals surface area contributed by atoms with Gasteiger partial charge in [0.2, 0.25) is 11.8 Å². The van der Waals surface area contributed by atoms with Crippen LogP contribution >= 0.6 is 0 Å². The summed E-state index contributed by atoms with van der Waals surface area (Å²) in [5.41, 5.74) is 0.965. The maximum Gasteiger partial charge on any atom is 0.247 e. The molecule has 0 amide bonds. The summed E-state index contributed by atoms with van der Waals surface area (Å²) < 4.78 is 11.0. The van der Waals surface area contributed by atoms with E-state index in [1.165, 1.54) is 0 Å². The minimum atomic E-state index is 0.595. The highest BCUT2D eigenvalue weighted by molar-refractivity contribution is 5.51. The lowest BCUT2D eigenvalue weighted by Gasteiger charge is -2.25. The SMILES string of the molecule is c1ccc(-c2nnc(CCN3CCOCC3)o2)cc1. The molecule has 0 radical (unpaired) electrons. The van der Waals surface area contributed by atoms with Crippen LogP contribution in [0.25, 0.3) is 11.5 Å². The maximum atomic E-state index is 5.68. The molecule has 2 aromatic rings. The molecule has 0 unspecified atom stereocenters. The second kappa shape index (κ2) is 5.95. The summed E-state index contributed by atoms with van der Waals surface area (Å²) in [6.45, 7) is 4.55. The molecule has 0 bridgehead atoms. The normalized spacial score (nSPS) is 16.6. The minimum Gasteiger partial charge on any atom is -0.421 e. The van der Waals surface area contributed by atoms with Gasteiger partial charge in [-0.05, 0) is 12.1 Å². The Bertz CT molecular complexity index is 506. The first-order valence-corrected chi connectivity index (χ1v) is 6.60. The highest BCUT2D eigenvalue weighted by Gasteiger charge is 2.13. The predicted molar refractivity (Wildman–Crippen MR) is 70.7 cm³/mol. The third-order valence-corrected chi connectivity index (χ3v) is 3.23. The molecule has 0 spiro atoms. The first kappa shape index (κ1) is 12.3. The summed E-state index contributed by atoms with van der Waals surface area (Å²) in [5, 5.41) is 8.19. The highest BCUT2D eigenvalue weighted by atomic mass is 16.5. The molecule has 3 rings (SSSR count). The fourth-order valence-electron chi connectivity index (χ4n) is 2.13. The maximum absolute atomic E-state index is 5.68. The summed E-state index contributed by atoms with van der Waals surface area (Å²) in [4.78, 5) is 2.36. The largest absolute Gasteiger partial charge is 0.421 e. The van der Waals surface area contributed by atoms with Crippen LogP contribution in [0.3, 0.4) is 0 Å². The lowest BCUT2D eigenvalue weighted by Crippen LogP contribution is -2.37. The van der Waals surface area contributed by atoms with E-state index in [4.69, 9.17) is 9.15 Å². The second-order valence-electron chi connectivity index (χ2n) is 4.57. The molecule has 2 heterocycles. The fraction of sp³-hybridized carbons (Fsp3) is 0.429. The van der Waals surface area contributed by atoms with E-state index in [0.29, 0.717) is 11.8 Å². The fourth-order valence-corrected chi connectivity index (χ4v) is 2.13. The molecule has 1 aromatic heterocycles. The summed E-state index contributed by atoms with van der Waals surface area (Å²) in [7, 11) is 0. The van der Waals surface area contributed by atoms with Crippen molar-refractivity contribution < 1.29 is 9.15 Å². The topological polar surface area (TPSA) is 51.4 Å². The number of rotatable bonds is 4. The van der Waals surface area contributed by atoms with Crippen LogP contribution in [-0.2, 0) is 11.2 Å². The zero-order valence-corrected chi connectivity index (χ0v) is 10.8. The van der Waals surface area contributed by atoms with E-state index >= 15 is 0 Å². The van der Waals surface area contributed by atoms with Crippen molar-refractivity contribution in [3.63, 3.8) is 0 Å². The number of ether oxygens (including phenoxy) is 1. The van der Waals surface area contributed by atoms with Crippen LogP contribution in [0.15, 0.2) is 34.7 Å². The Morgan fingerprint density at radius 2 is 1.84 bits per heavy atom. The van der Waals surface area contributed by atoms with Crippen molar-refractivity contribution in [2.45, 2.75) is 6.42 Å². The average Bonchev–Trinajstić information content (AvgIpc) is 2.96. The van der Waals surface area contributed by atoms with E-state index in [0.717, 1.165) is 44.8 Å². The van der Waals surface area contributed by atoms with E-state index in [-0.39, 0.29) is 0 Å². The van der Waals surface area contributed by atoms with Gasteiger partial charge in [-0.2, -0.15) is 0 Å². The number of aromatic nitrogens is 2. The Kier molecular flexibility index (Phi) is 3.86. The van der Waals surface area contributed by atoms with Crippen LogP contribution in [-0.4, -0.2) is 47.9 Å². The van der Waals surface area contributed by atoms with Gasteiger partial charge in [0.15, 0.2) is 0 Å². The van der Waals surface area contributed by atoms with Crippen molar-refractivity contribution in [2.75, 3.05) is 32.8 Å². The Labute approximate surface area is 112 Å². The van der Waals surface area contributed by atoms with Gasteiger partial charge in [0.05, 0.1) is 13.2 Å². The van der Waals surface area contributed by atoms with E-state index in [1.54, 1.807) is 0 Å². The average molecular weight is 259 g/mol. The van der Waals surface area contributed by atoms with E-state index < -0.39 is 0 Å². The molecule has 0 saturated carbocycles. The molecule has 1 aromatic carbocycles. The molecule has 0 atom stereocenters. The van der Waals surface area contributed by atoms with E-state index in [9.17, 15) is 0 Å². The van der Waals surface area contributed by atoms with Crippen molar-refractivity contribution in [2.24, 2.45) is 0 Å². The molecule has 1 aliphatic heterocycles. The van der Waals surface area contributed by atoms with Crippen molar-refractivity contribution in [1.29, 1.82) is 0 Å². The Balaban J connectivity index is 1.59. The molecule has 5 nitrogen and oxygen atoms in total. The van der Waals surface area contributed by atoms with Gasteiger partial charge >= 0.3 is 0 Å². The molecule has 0 N–H and O–H groups in total. The van der Waals surface area contributed by atoms with Crippen LogP contribution in [0.1, 0.15) is 5.89 Å².